The first-order valence-electron chi connectivity index (χ1n) is 7.43. The molecule has 4 nitrogen and oxygen atoms in total. The Hall–Kier alpha value is -1.98. The third-order valence-corrected chi connectivity index (χ3v) is 4.54. The first-order chi connectivity index (χ1) is 11.1. The molecule has 1 heterocycles. The maximum absolute atomic E-state index is 12.7. The molecule has 0 N–H and O–H groups in total. The van der Waals surface area contributed by atoms with E-state index in [0.29, 0.717) is 12.2 Å². The predicted octanol–water partition coefficient (Wildman–Crippen LogP) is 3.21. The molecule has 1 aliphatic heterocycles. The summed E-state index contributed by atoms with van der Waals surface area (Å²) >= 11 is 3.36. The lowest BCUT2D eigenvalue weighted by Crippen LogP contribution is -2.39. The Morgan fingerprint density at radius 1 is 1.09 bits per heavy atom. The number of halogens is 1. The summed E-state index contributed by atoms with van der Waals surface area (Å²) in [7, 11) is 1.88. The number of rotatable bonds is 4. The Morgan fingerprint density at radius 3 is 2.39 bits per heavy atom. The first kappa shape index (κ1) is 15.9. The van der Waals surface area contributed by atoms with Crippen molar-refractivity contribution >= 4 is 33.4 Å². The van der Waals surface area contributed by atoms with Crippen molar-refractivity contribution in [1.29, 1.82) is 0 Å². The van der Waals surface area contributed by atoms with Gasteiger partial charge in [-0.05, 0) is 36.9 Å². The molecule has 0 saturated carbocycles. The largest absolute Gasteiger partial charge is 0.290 e. The molecule has 0 aromatic heterocycles. The highest BCUT2D eigenvalue weighted by Gasteiger charge is 2.41. The van der Waals surface area contributed by atoms with Gasteiger partial charge in [-0.15, -0.1) is 0 Å². The molecule has 118 valence electrons. The Balaban J connectivity index is 1.76. The highest BCUT2D eigenvalue weighted by Crippen LogP contribution is 2.27. The van der Waals surface area contributed by atoms with Crippen molar-refractivity contribution in [2.45, 2.75) is 19.0 Å². The number of anilines is 1. The quantitative estimate of drug-likeness (QED) is 0.773. The molecule has 2 aromatic rings. The molecule has 0 aliphatic carbocycles. The summed E-state index contributed by atoms with van der Waals surface area (Å²) in [6, 6.07) is 16.7. The van der Waals surface area contributed by atoms with Crippen LogP contribution in [0.3, 0.4) is 0 Å². The van der Waals surface area contributed by atoms with Gasteiger partial charge in [-0.1, -0.05) is 46.3 Å². The second-order valence-corrected chi connectivity index (χ2v) is 6.58. The van der Waals surface area contributed by atoms with E-state index in [0.717, 1.165) is 10.0 Å². The minimum Gasteiger partial charge on any atom is -0.290 e. The first-order valence-corrected chi connectivity index (χ1v) is 8.22. The molecular weight excluding hydrogens is 356 g/mol. The van der Waals surface area contributed by atoms with Crippen molar-refractivity contribution in [3.8, 4) is 0 Å². The second-order valence-electron chi connectivity index (χ2n) is 5.66. The van der Waals surface area contributed by atoms with Crippen LogP contribution in [0.2, 0.25) is 0 Å². The maximum Gasteiger partial charge on any atom is 0.251 e. The van der Waals surface area contributed by atoms with Gasteiger partial charge in [-0.25, -0.2) is 4.90 Å². The monoisotopic (exact) mass is 372 g/mol. The summed E-state index contributed by atoms with van der Waals surface area (Å²) in [5, 5.41) is 0. The highest BCUT2D eigenvalue weighted by atomic mass is 79.9. The van der Waals surface area contributed by atoms with Crippen LogP contribution in [0.4, 0.5) is 5.69 Å². The van der Waals surface area contributed by atoms with Crippen LogP contribution in [-0.2, 0) is 16.1 Å². The summed E-state index contributed by atoms with van der Waals surface area (Å²) in [5.74, 6) is -0.307. The molecule has 0 unspecified atom stereocenters. The summed E-state index contributed by atoms with van der Waals surface area (Å²) in [6.45, 7) is 0.638. The fraction of sp³-hybridized carbons (Fsp3) is 0.222. The highest BCUT2D eigenvalue weighted by molar-refractivity contribution is 9.10. The van der Waals surface area contributed by atoms with Gasteiger partial charge in [0.2, 0.25) is 5.91 Å². The van der Waals surface area contributed by atoms with Crippen LogP contribution in [0.1, 0.15) is 12.0 Å². The van der Waals surface area contributed by atoms with E-state index < -0.39 is 6.04 Å². The minimum absolute atomic E-state index is 0.151. The van der Waals surface area contributed by atoms with Gasteiger partial charge >= 0.3 is 0 Å². The van der Waals surface area contributed by atoms with Crippen molar-refractivity contribution in [3.05, 3.63) is 64.6 Å². The molecule has 2 aromatic carbocycles. The van der Waals surface area contributed by atoms with Crippen molar-refractivity contribution in [2.75, 3.05) is 11.9 Å². The molecule has 0 radical (unpaired) electrons. The van der Waals surface area contributed by atoms with E-state index in [1.807, 2.05) is 54.4 Å². The standard InChI is InChI=1S/C18H17BrN2O2/c1-20(12-13-5-3-2-4-6-13)16-11-17(22)21(18(16)23)15-9-7-14(19)8-10-15/h2-10,16H,11-12H2,1H3/t16-/m1/s1. The predicted molar refractivity (Wildman–Crippen MR) is 92.9 cm³/mol. The van der Waals surface area contributed by atoms with Crippen LogP contribution in [0.25, 0.3) is 0 Å². The van der Waals surface area contributed by atoms with E-state index in [1.54, 1.807) is 12.1 Å². The summed E-state index contributed by atoms with van der Waals surface area (Å²) in [5.41, 5.74) is 1.75. The SMILES string of the molecule is CN(Cc1ccccc1)[C@@H]1CC(=O)N(c2ccc(Br)cc2)C1=O. The molecule has 1 fully saturated rings. The molecule has 23 heavy (non-hydrogen) atoms. The smallest absolute Gasteiger partial charge is 0.251 e. The van der Waals surface area contributed by atoms with Crippen molar-refractivity contribution in [1.82, 2.24) is 4.90 Å². The Bertz CT molecular complexity index is 716. The third-order valence-electron chi connectivity index (χ3n) is 4.01. The lowest BCUT2D eigenvalue weighted by molar-refractivity contribution is -0.122. The molecule has 3 rings (SSSR count). The fourth-order valence-corrected chi connectivity index (χ4v) is 3.07. The molecule has 0 bridgehead atoms. The van der Waals surface area contributed by atoms with Crippen LogP contribution < -0.4 is 4.90 Å². The molecule has 1 atom stereocenters. The Kier molecular flexibility index (Phi) is 4.59. The van der Waals surface area contributed by atoms with Crippen LogP contribution in [-0.4, -0.2) is 29.8 Å². The number of imide groups is 1. The van der Waals surface area contributed by atoms with Crippen LogP contribution in [0.15, 0.2) is 59.1 Å². The number of benzene rings is 2. The number of hydrogen-bond acceptors (Lipinski definition) is 3. The topological polar surface area (TPSA) is 40.6 Å². The zero-order valence-electron chi connectivity index (χ0n) is 12.8. The van der Waals surface area contributed by atoms with Crippen LogP contribution in [0, 0.1) is 0 Å². The van der Waals surface area contributed by atoms with Gasteiger partial charge in [-0.2, -0.15) is 0 Å². The van der Waals surface area contributed by atoms with Crippen LogP contribution >= 0.6 is 15.9 Å². The number of amides is 2. The van der Waals surface area contributed by atoms with Crippen molar-refractivity contribution in [2.24, 2.45) is 0 Å². The number of hydrogen-bond donors (Lipinski definition) is 0. The van der Waals surface area contributed by atoms with Gasteiger partial charge in [-0.3, -0.25) is 14.5 Å². The van der Waals surface area contributed by atoms with Gasteiger partial charge in [0.1, 0.15) is 0 Å². The molecule has 0 spiro atoms. The van der Waals surface area contributed by atoms with E-state index in [1.165, 1.54) is 4.90 Å². The van der Waals surface area contributed by atoms with Crippen molar-refractivity contribution < 1.29 is 9.59 Å². The second kappa shape index (κ2) is 6.64. The molecule has 2 amide bonds. The van der Waals surface area contributed by atoms with Gasteiger partial charge in [0.15, 0.2) is 0 Å². The van der Waals surface area contributed by atoms with E-state index in [2.05, 4.69) is 15.9 Å². The molecule has 1 aliphatic rings. The van der Waals surface area contributed by atoms with Crippen LogP contribution in [0.5, 0.6) is 0 Å². The van der Waals surface area contributed by atoms with E-state index >= 15 is 0 Å². The fourth-order valence-electron chi connectivity index (χ4n) is 2.80. The van der Waals surface area contributed by atoms with E-state index in [9.17, 15) is 9.59 Å². The summed E-state index contributed by atoms with van der Waals surface area (Å²) in [6.07, 6.45) is 0.220. The molecular formula is C18H17BrN2O2. The third kappa shape index (κ3) is 3.35. The summed E-state index contributed by atoms with van der Waals surface area (Å²) < 4.78 is 0.915. The molecule has 1 saturated heterocycles. The Labute approximate surface area is 143 Å². The number of nitrogens with zero attached hydrogens (tertiary/aromatic N) is 2. The minimum atomic E-state index is -0.411. The zero-order chi connectivity index (χ0) is 16.4. The maximum atomic E-state index is 12.7. The number of carbonyl (C=O) groups is 2. The average molecular weight is 373 g/mol. The van der Waals surface area contributed by atoms with Gasteiger partial charge in [0.05, 0.1) is 18.2 Å². The van der Waals surface area contributed by atoms with Crippen molar-refractivity contribution in [3.63, 3.8) is 0 Å². The number of carbonyl (C=O) groups excluding carboxylic acids is 2. The van der Waals surface area contributed by atoms with Gasteiger partial charge < -0.3 is 0 Å². The van der Waals surface area contributed by atoms with Gasteiger partial charge in [0, 0.05) is 11.0 Å². The normalized spacial score (nSPS) is 18.0. The van der Waals surface area contributed by atoms with E-state index in [4.69, 9.17) is 0 Å². The molecule has 5 heteroatoms. The lowest BCUT2D eigenvalue weighted by atomic mass is 10.1. The van der Waals surface area contributed by atoms with E-state index in [-0.39, 0.29) is 18.2 Å². The zero-order valence-corrected chi connectivity index (χ0v) is 14.4. The van der Waals surface area contributed by atoms with Gasteiger partial charge in [0.25, 0.3) is 5.91 Å². The lowest BCUT2D eigenvalue weighted by Gasteiger charge is -2.23. The average Bonchev–Trinajstić information content (AvgIpc) is 2.84. The number of likely N-dealkylation sites (N-methyl/N-ethyl adjacent to an activating group) is 1. The summed E-state index contributed by atoms with van der Waals surface area (Å²) in [4.78, 5) is 28.2. The Morgan fingerprint density at radius 2 is 1.74 bits per heavy atom.